The lowest BCUT2D eigenvalue weighted by Crippen LogP contribution is -2.33. The number of nitrogens with one attached hydrogen (secondary N) is 1. The molecule has 1 heterocycles. The smallest absolute Gasteiger partial charge is 0.257 e. The Kier molecular flexibility index (Phi) is 4.99. The molecule has 3 amide bonds. The average molecular weight is 390 g/mol. The van der Waals surface area contributed by atoms with Gasteiger partial charge in [0, 0.05) is 5.69 Å². The number of fused-ring (bicyclic) bond motifs is 1. The molecule has 0 radical (unpaired) electrons. The van der Waals surface area contributed by atoms with Gasteiger partial charge >= 0.3 is 0 Å². The van der Waals surface area contributed by atoms with E-state index in [9.17, 15) is 14.4 Å². The van der Waals surface area contributed by atoms with Crippen LogP contribution in [0.3, 0.4) is 0 Å². The number of imide groups is 1. The lowest BCUT2D eigenvalue weighted by atomic mass is 9.76. The Morgan fingerprint density at radius 2 is 1.69 bits per heavy atom. The molecule has 2 aromatic rings. The number of carbonyl (C=O) groups excluding carboxylic acids is 3. The maximum Gasteiger partial charge on any atom is 0.257 e. The molecule has 1 saturated carbocycles. The third kappa shape index (κ3) is 3.35. The van der Waals surface area contributed by atoms with Gasteiger partial charge in [0.2, 0.25) is 11.8 Å². The van der Waals surface area contributed by atoms with Gasteiger partial charge in [-0.2, -0.15) is 0 Å². The van der Waals surface area contributed by atoms with Crippen LogP contribution in [0.15, 0.2) is 42.5 Å². The van der Waals surface area contributed by atoms with Crippen LogP contribution in [0.5, 0.6) is 0 Å². The molecule has 2 aliphatic rings. The highest BCUT2D eigenvalue weighted by Crippen LogP contribution is 2.42. The molecule has 150 valence electrons. The van der Waals surface area contributed by atoms with E-state index < -0.39 is 0 Å². The summed E-state index contributed by atoms with van der Waals surface area (Å²) >= 11 is 0. The number of aryl methyl sites for hydroxylation is 1. The number of amides is 3. The minimum Gasteiger partial charge on any atom is -0.322 e. The predicted molar refractivity (Wildman–Crippen MR) is 113 cm³/mol. The van der Waals surface area contributed by atoms with E-state index in [0.29, 0.717) is 17.2 Å². The molecule has 0 aromatic heterocycles. The van der Waals surface area contributed by atoms with Crippen LogP contribution in [0.4, 0.5) is 11.4 Å². The van der Waals surface area contributed by atoms with Crippen LogP contribution >= 0.6 is 0 Å². The van der Waals surface area contributed by atoms with Gasteiger partial charge in [-0.1, -0.05) is 31.2 Å². The molecule has 1 saturated heterocycles. The summed E-state index contributed by atoms with van der Waals surface area (Å²) in [7, 11) is 0. The Labute approximate surface area is 171 Å². The second-order valence-electron chi connectivity index (χ2n) is 8.36. The Morgan fingerprint density at radius 1 is 0.966 bits per heavy atom. The van der Waals surface area contributed by atoms with Crippen molar-refractivity contribution in [2.45, 2.75) is 40.0 Å². The zero-order valence-electron chi connectivity index (χ0n) is 17.1. The first-order chi connectivity index (χ1) is 13.9. The summed E-state index contributed by atoms with van der Waals surface area (Å²) in [6.45, 7) is 6.07. The molecule has 0 bridgehead atoms. The van der Waals surface area contributed by atoms with Gasteiger partial charge in [0.25, 0.3) is 5.91 Å². The van der Waals surface area contributed by atoms with Gasteiger partial charge in [0.1, 0.15) is 0 Å². The zero-order chi connectivity index (χ0) is 20.7. The lowest BCUT2D eigenvalue weighted by Gasteiger charge is -2.25. The second kappa shape index (κ2) is 7.47. The van der Waals surface area contributed by atoms with Crippen molar-refractivity contribution in [2.24, 2.45) is 17.8 Å². The molecule has 29 heavy (non-hydrogen) atoms. The number of carbonyl (C=O) groups is 3. The highest BCUT2D eigenvalue weighted by atomic mass is 16.2. The lowest BCUT2D eigenvalue weighted by molar-refractivity contribution is -0.122. The third-order valence-electron chi connectivity index (χ3n) is 6.43. The van der Waals surface area contributed by atoms with E-state index in [1.807, 2.05) is 32.0 Å². The number of rotatable bonds is 3. The molecule has 1 aliphatic carbocycles. The van der Waals surface area contributed by atoms with E-state index in [-0.39, 0.29) is 29.6 Å². The summed E-state index contributed by atoms with van der Waals surface area (Å²) in [5.41, 5.74) is 3.52. The van der Waals surface area contributed by atoms with Crippen LogP contribution in [0.1, 0.15) is 47.7 Å². The van der Waals surface area contributed by atoms with E-state index >= 15 is 0 Å². The number of nitrogens with zero attached hydrogens (tertiary/aromatic N) is 1. The van der Waals surface area contributed by atoms with Crippen molar-refractivity contribution >= 4 is 29.1 Å². The number of hydrogen-bond donors (Lipinski definition) is 1. The van der Waals surface area contributed by atoms with E-state index in [4.69, 9.17) is 0 Å². The largest absolute Gasteiger partial charge is 0.322 e. The monoisotopic (exact) mass is 390 g/mol. The Hall–Kier alpha value is -2.95. The Morgan fingerprint density at radius 3 is 2.48 bits per heavy atom. The minimum atomic E-state index is -0.321. The van der Waals surface area contributed by atoms with Crippen molar-refractivity contribution < 1.29 is 14.4 Å². The van der Waals surface area contributed by atoms with Gasteiger partial charge in [-0.3, -0.25) is 14.4 Å². The van der Waals surface area contributed by atoms with Gasteiger partial charge < -0.3 is 5.32 Å². The first-order valence-electron chi connectivity index (χ1n) is 10.2. The van der Waals surface area contributed by atoms with Crippen molar-refractivity contribution in [2.75, 3.05) is 10.2 Å². The molecule has 2 aromatic carbocycles. The fraction of sp³-hybridized carbons (Fsp3) is 0.375. The summed E-state index contributed by atoms with van der Waals surface area (Å²) in [6.07, 6.45) is 2.44. The molecule has 0 spiro atoms. The van der Waals surface area contributed by atoms with Crippen LogP contribution in [-0.2, 0) is 9.59 Å². The topological polar surface area (TPSA) is 66.5 Å². The van der Waals surface area contributed by atoms with Gasteiger partial charge in [-0.15, -0.1) is 0 Å². The summed E-state index contributed by atoms with van der Waals surface area (Å²) < 4.78 is 0. The van der Waals surface area contributed by atoms with Crippen molar-refractivity contribution in [3.8, 4) is 0 Å². The van der Waals surface area contributed by atoms with Crippen molar-refractivity contribution in [3.05, 3.63) is 59.2 Å². The molecule has 0 unspecified atom stereocenters. The van der Waals surface area contributed by atoms with Crippen LogP contribution in [0.2, 0.25) is 0 Å². The van der Waals surface area contributed by atoms with Crippen molar-refractivity contribution in [3.63, 3.8) is 0 Å². The first kappa shape index (κ1) is 19.4. The third-order valence-corrected chi connectivity index (χ3v) is 6.43. The number of para-hydroxylation sites is 1. The van der Waals surface area contributed by atoms with Gasteiger partial charge in [-0.25, -0.2) is 4.90 Å². The molecule has 5 heteroatoms. The SMILES string of the molecule is Cc1cccc(NC(=O)c2ccccc2N2C(=O)[C@H]3CC[C@H](C)C[C@@H]3C2=O)c1C. The van der Waals surface area contributed by atoms with E-state index in [2.05, 4.69) is 12.2 Å². The van der Waals surface area contributed by atoms with Crippen LogP contribution < -0.4 is 10.2 Å². The van der Waals surface area contributed by atoms with Gasteiger partial charge in [-0.05, 0) is 68.4 Å². The molecular formula is C24H26N2O3. The fourth-order valence-electron chi connectivity index (χ4n) is 4.56. The molecule has 1 aliphatic heterocycles. The normalized spacial score (nSPS) is 23.8. The number of anilines is 2. The molecule has 4 rings (SSSR count). The summed E-state index contributed by atoms with van der Waals surface area (Å²) in [6, 6.07) is 12.6. The molecule has 3 atom stereocenters. The maximum absolute atomic E-state index is 13.1. The van der Waals surface area contributed by atoms with Gasteiger partial charge in [0.05, 0.1) is 23.1 Å². The molecule has 2 fully saturated rings. The Bertz CT molecular complexity index is 997. The van der Waals surface area contributed by atoms with Crippen LogP contribution in [0, 0.1) is 31.6 Å². The first-order valence-corrected chi connectivity index (χ1v) is 10.2. The van der Waals surface area contributed by atoms with E-state index in [1.54, 1.807) is 24.3 Å². The fourth-order valence-corrected chi connectivity index (χ4v) is 4.56. The Balaban J connectivity index is 1.67. The summed E-state index contributed by atoms with van der Waals surface area (Å²) in [4.78, 5) is 40.5. The summed E-state index contributed by atoms with van der Waals surface area (Å²) in [5, 5.41) is 2.94. The number of hydrogen-bond acceptors (Lipinski definition) is 3. The molecule has 1 N–H and O–H groups in total. The standard InChI is InChI=1S/C24H26N2O3/c1-14-11-12-17-19(13-14)24(29)26(23(17)28)21-10-5-4-8-18(21)22(27)25-20-9-6-7-15(2)16(20)3/h4-10,14,17,19H,11-13H2,1-3H3,(H,25,27)/t14-,17-,19-/m0/s1. The van der Waals surface area contributed by atoms with Crippen LogP contribution in [-0.4, -0.2) is 17.7 Å². The predicted octanol–water partition coefficient (Wildman–Crippen LogP) is 4.48. The maximum atomic E-state index is 13.1. The second-order valence-corrected chi connectivity index (χ2v) is 8.36. The minimum absolute atomic E-state index is 0.168. The van der Waals surface area contributed by atoms with E-state index in [0.717, 1.165) is 36.1 Å². The number of benzene rings is 2. The molecule has 5 nitrogen and oxygen atoms in total. The quantitative estimate of drug-likeness (QED) is 0.786. The van der Waals surface area contributed by atoms with Gasteiger partial charge in [0.15, 0.2) is 0 Å². The van der Waals surface area contributed by atoms with E-state index in [1.165, 1.54) is 4.90 Å². The van der Waals surface area contributed by atoms with Crippen LogP contribution in [0.25, 0.3) is 0 Å². The van der Waals surface area contributed by atoms with Crippen molar-refractivity contribution in [1.82, 2.24) is 0 Å². The highest BCUT2D eigenvalue weighted by Gasteiger charge is 2.50. The average Bonchev–Trinajstić information content (AvgIpc) is 2.95. The zero-order valence-corrected chi connectivity index (χ0v) is 17.1. The molecular weight excluding hydrogens is 364 g/mol. The summed E-state index contributed by atoms with van der Waals surface area (Å²) in [5.74, 6) is -0.735. The van der Waals surface area contributed by atoms with Crippen molar-refractivity contribution in [1.29, 1.82) is 0 Å². The highest BCUT2D eigenvalue weighted by molar-refractivity contribution is 6.24.